The standard InChI is InChI=1S/C31H42N2O4/c1-20-27(16-33-19-31(5)15-26(33)14-30(3,4)18-31)36-29(24-10-12-25(13-11-24)32-21(2)35)37-28(20)23-8-6-22(17-34)7-9-23/h6-13,20,26-29,34H,14-19H2,1-5H3,(H,32,35)/t20-,26?,27+,28+,29+,31?/m0/s1. The lowest BCUT2D eigenvalue weighted by Gasteiger charge is -2.43. The zero-order valence-corrected chi connectivity index (χ0v) is 22.9. The number of benzene rings is 2. The highest BCUT2D eigenvalue weighted by Gasteiger charge is 2.51. The molecule has 0 aromatic heterocycles. The molecule has 3 aliphatic rings. The van der Waals surface area contributed by atoms with Gasteiger partial charge in [-0.15, -0.1) is 0 Å². The van der Waals surface area contributed by atoms with Crippen LogP contribution < -0.4 is 5.32 Å². The first-order valence-corrected chi connectivity index (χ1v) is 13.7. The molecule has 2 aromatic carbocycles. The van der Waals surface area contributed by atoms with E-state index in [1.807, 2.05) is 36.4 Å². The zero-order valence-electron chi connectivity index (χ0n) is 22.9. The summed E-state index contributed by atoms with van der Waals surface area (Å²) >= 11 is 0. The van der Waals surface area contributed by atoms with Gasteiger partial charge in [0.25, 0.3) is 0 Å². The summed E-state index contributed by atoms with van der Waals surface area (Å²) in [6.45, 7) is 13.1. The lowest BCUT2D eigenvalue weighted by Crippen LogP contribution is -2.46. The number of fused-ring (bicyclic) bond motifs is 2. The molecule has 6 atom stereocenters. The molecule has 3 fully saturated rings. The Hall–Kier alpha value is -2.25. The minimum absolute atomic E-state index is 0.0161. The van der Waals surface area contributed by atoms with Crippen molar-refractivity contribution in [3.8, 4) is 0 Å². The molecule has 2 saturated heterocycles. The van der Waals surface area contributed by atoms with Crippen LogP contribution in [0, 0.1) is 16.7 Å². The first-order chi connectivity index (χ1) is 17.5. The van der Waals surface area contributed by atoms with Crippen LogP contribution in [0.25, 0.3) is 0 Å². The first kappa shape index (κ1) is 26.4. The highest BCUT2D eigenvalue weighted by Crippen LogP contribution is 2.53. The van der Waals surface area contributed by atoms with E-state index >= 15 is 0 Å². The van der Waals surface area contributed by atoms with Gasteiger partial charge in [0.2, 0.25) is 5.91 Å². The van der Waals surface area contributed by atoms with E-state index in [2.05, 4.69) is 50.0 Å². The molecule has 1 amide bonds. The van der Waals surface area contributed by atoms with Crippen LogP contribution in [0.4, 0.5) is 5.69 Å². The maximum Gasteiger partial charge on any atom is 0.221 e. The van der Waals surface area contributed by atoms with E-state index in [9.17, 15) is 9.90 Å². The smallest absolute Gasteiger partial charge is 0.221 e. The molecule has 2 heterocycles. The third kappa shape index (κ3) is 5.78. The fourth-order valence-corrected chi connectivity index (χ4v) is 7.28. The van der Waals surface area contributed by atoms with Crippen molar-refractivity contribution in [2.24, 2.45) is 16.7 Å². The molecule has 2 unspecified atom stereocenters. The van der Waals surface area contributed by atoms with Gasteiger partial charge in [-0.1, -0.05) is 64.1 Å². The fourth-order valence-electron chi connectivity index (χ4n) is 7.28. The van der Waals surface area contributed by atoms with Crippen LogP contribution in [0.2, 0.25) is 0 Å². The Morgan fingerprint density at radius 3 is 2.35 bits per heavy atom. The number of nitrogens with zero attached hydrogens (tertiary/aromatic N) is 1. The number of nitrogens with one attached hydrogen (secondary N) is 1. The second-order valence-electron chi connectivity index (χ2n) is 12.8. The summed E-state index contributed by atoms with van der Waals surface area (Å²) in [4.78, 5) is 14.1. The van der Waals surface area contributed by atoms with Crippen LogP contribution >= 0.6 is 0 Å². The zero-order chi connectivity index (χ0) is 26.4. The van der Waals surface area contributed by atoms with E-state index in [0.29, 0.717) is 16.9 Å². The van der Waals surface area contributed by atoms with E-state index in [1.54, 1.807) is 0 Å². The molecule has 2 aromatic rings. The molecule has 0 spiro atoms. The van der Waals surface area contributed by atoms with Crippen molar-refractivity contribution in [1.29, 1.82) is 0 Å². The Kier molecular flexibility index (Phi) is 7.22. The summed E-state index contributed by atoms with van der Waals surface area (Å²) < 4.78 is 13.3. The van der Waals surface area contributed by atoms with Gasteiger partial charge in [-0.2, -0.15) is 0 Å². The van der Waals surface area contributed by atoms with Crippen LogP contribution in [0.5, 0.6) is 0 Å². The number of likely N-dealkylation sites (tertiary alicyclic amines) is 1. The molecule has 1 saturated carbocycles. The van der Waals surface area contributed by atoms with E-state index in [-0.39, 0.29) is 30.6 Å². The average Bonchev–Trinajstić information content (AvgIpc) is 3.08. The molecule has 6 nitrogen and oxygen atoms in total. The molecule has 1 aliphatic carbocycles. The number of carbonyl (C=O) groups is 1. The van der Waals surface area contributed by atoms with Crippen LogP contribution in [0.3, 0.4) is 0 Å². The van der Waals surface area contributed by atoms with Crippen molar-refractivity contribution in [1.82, 2.24) is 4.90 Å². The lowest BCUT2D eigenvalue weighted by atomic mass is 9.65. The average molecular weight is 507 g/mol. The second-order valence-corrected chi connectivity index (χ2v) is 12.8. The number of hydrogen-bond acceptors (Lipinski definition) is 5. The van der Waals surface area contributed by atoms with Crippen molar-refractivity contribution in [2.75, 3.05) is 18.4 Å². The summed E-state index contributed by atoms with van der Waals surface area (Å²) in [6.07, 6.45) is 3.18. The maximum absolute atomic E-state index is 11.4. The number of aliphatic hydroxyl groups excluding tert-OH is 1. The van der Waals surface area contributed by atoms with Crippen molar-refractivity contribution >= 4 is 11.6 Å². The monoisotopic (exact) mass is 506 g/mol. The van der Waals surface area contributed by atoms with Gasteiger partial charge >= 0.3 is 0 Å². The van der Waals surface area contributed by atoms with E-state index in [0.717, 1.165) is 35.5 Å². The molecule has 2 bridgehead atoms. The van der Waals surface area contributed by atoms with Gasteiger partial charge in [0, 0.05) is 43.2 Å². The summed E-state index contributed by atoms with van der Waals surface area (Å²) in [7, 11) is 0. The second kappa shape index (κ2) is 10.1. The molecule has 5 rings (SSSR count). The van der Waals surface area contributed by atoms with Gasteiger partial charge in [0.15, 0.2) is 6.29 Å². The van der Waals surface area contributed by atoms with Gasteiger partial charge in [-0.25, -0.2) is 0 Å². The van der Waals surface area contributed by atoms with Gasteiger partial charge < -0.3 is 19.9 Å². The summed E-state index contributed by atoms with van der Waals surface area (Å²) in [6, 6.07) is 16.4. The SMILES string of the molecule is CC(=O)Nc1ccc([C@@H]2O[C@H](CN3CC4(C)CC3CC(C)(C)C4)[C@H](C)[C@H](c3ccc(CO)cc3)O2)cc1. The molecule has 37 heavy (non-hydrogen) atoms. The molecule has 0 radical (unpaired) electrons. The Morgan fingerprint density at radius 1 is 1.03 bits per heavy atom. The van der Waals surface area contributed by atoms with Crippen molar-refractivity contribution in [3.05, 3.63) is 65.2 Å². The number of rotatable bonds is 6. The van der Waals surface area contributed by atoms with Crippen LogP contribution in [0.1, 0.15) is 83.0 Å². The minimum atomic E-state index is -0.496. The number of carbonyl (C=O) groups excluding carboxylic acids is 1. The largest absolute Gasteiger partial charge is 0.392 e. The fraction of sp³-hybridized carbons (Fsp3) is 0.581. The molecule has 2 aliphatic heterocycles. The molecule has 6 heteroatoms. The van der Waals surface area contributed by atoms with Crippen molar-refractivity contribution < 1.29 is 19.4 Å². The van der Waals surface area contributed by atoms with E-state index in [4.69, 9.17) is 9.47 Å². The predicted molar refractivity (Wildman–Crippen MR) is 145 cm³/mol. The lowest BCUT2D eigenvalue weighted by molar-refractivity contribution is -0.276. The minimum Gasteiger partial charge on any atom is -0.392 e. The molecular weight excluding hydrogens is 464 g/mol. The normalized spacial score (nSPS) is 33.3. The first-order valence-electron chi connectivity index (χ1n) is 13.7. The van der Waals surface area contributed by atoms with Crippen LogP contribution in [-0.2, 0) is 20.9 Å². The summed E-state index contributed by atoms with van der Waals surface area (Å²) in [5.41, 5.74) is 4.45. The Labute approximate surface area is 221 Å². The maximum atomic E-state index is 11.4. The van der Waals surface area contributed by atoms with E-state index < -0.39 is 6.29 Å². The van der Waals surface area contributed by atoms with Gasteiger partial charge in [0.1, 0.15) is 0 Å². The van der Waals surface area contributed by atoms with Gasteiger partial charge in [-0.3, -0.25) is 9.69 Å². The highest BCUT2D eigenvalue weighted by molar-refractivity contribution is 5.88. The van der Waals surface area contributed by atoms with Crippen LogP contribution in [0.15, 0.2) is 48.5 Å². The van der Waals surface area contributed by atoms with E-state index in [1.165, 1.54) is 26.2 Å². The van der Waals surface area contributed by atoms with Gasteiger partial charge in [-0.05, 0) is 53.4 Å². The third-order valence-electron chi connectivity index (χ3n) is 8.56. The number of anilines is 1. The van der Waals surface area contributed by atoms with Gasteiger partial charge in [0.05, 0.1) is 18.8 Å². The molecule has 2 N–H and O–H groups in total. The quantitative estimate of drug-likeness (QED) is 0.516. The van der Waals surface area contributed by atoms with Crippen molar-refractivity contribution in [2.45, 2.75) is 85.0 Å². The topological polar surface area (TPSA) is 71.0 Å². The number of hydrogen-bond donors (Lipinski definition) is 2. The number of amides is 1. The molecule has 200 valence electrons. The predicted octanol–water partition coefficient (Wildman–Crippen LogP) is 5.83. The number of ether oxygens (including phenoxy) is 2. The summed E-state index contributed by atoms with van der Waals surface area (Å²) in [5, 5.41) is 12.3. The Bertz CT molecular complexity index is 1100. The Balaban J connectivity index is 1.40. The Morgan fingerprint density at radius 2 is 1.70 bits per heavy atom. The third-order valence-corrected chi connectivity index (χ3v) is 8.56. The summed E-state index contributed by atoms with van der Waals surface area (Å²) in [5.74, 6) is 0.0713. The molecular formula is C31H42N2O4. The number of aliphatic hydroxyl groups is 1. The highest BCUT2D eigenvalue weighted by atomic mass is 16.7. The van der Waals surface area contributed by atoms with Crippen molar-refractivity contribution in [3.63, 3.8) is 0 Å². The van der Waals surface area contributed by atoms with Crippen LogP contribution in [-0.4, -0.2) is 41.1 Å².